The molecule has 0 radical (unpaired) electrons. The van der Waals surface area contributed by atoms with Gasteiger partial charge in [0.25, 0.3) is 0 Å². The van der Waals surface area contributed by atoms with Crippen molar-refractivity contribution in [1.29, 1.82) is 0 Å². The molecule has 0 spiro atoms. The maximum Gasteiger partial charge on any atom is 0.303 e. The minimum absolute atomic E-state index is 0.328. The van der Waals surface area contributed by atoms with Gasteiger partial charge in [-0.05, 0) is 50.7 Å². The molecule has 1 atom stereocenters. The SMILES string of the molecule is CC/C=C\C[C@H](O)/C=C/C#CC/C=C\C/C=C\CCCCCCCCCCCCCCCC(=O)O. The number of carboxylic acid groups (broad SMARTS) is 1. The Kier molecular flexibility index (Phi) is 26.5. The zero-order chi connectivity index (χ0) is 25.7. The predicted molar refractivity (Wildman–Crippen MR) is 151 cm³/mol. The second kappa shape index (κ2) is 28.2. The first kappa shape index (κ1) is 33.0. The van der Waals surface area contributed by atoms with Gasteiger partial charge in [0.2, 0.25) is 0 Å². The molecule has 0 aliphatic carbocycles. The first-order valence-electron chi connectivity index (χ1n) is 14.2. The van der Waals surface area contributed by atoms with E-state index in [1.54, 1.807) is 12.2 Å². The van der Waals surface area contributed by atoms with E-state index in [0.717, 1.165) is 32.1 Å². The average Bonchev–Trinajstić information content (AvgIpc) is 2.84. The monoisotopic (exact) mass is 484 g/mol. The summed E-state index contributed by atoms with van der Waals surface area (Å²) < 4.78 is 0. The van der Waals surface area contributed by atoms with E-state index in [-0.39, 0.29) is 0 Å². The number of rotatable bonds is 23. The molecule has 198 valence electrons. The van der Waals surface area contributed by atoms with Crippen LogP contribution in [0.5, 0.6) is 0 Å². The number of aliphatic carboxylic acids is 1. The van der Waals surface area contributed by atoms with Gasteiger partial charge in [-0.1, -0.05) is 126 Å². The molecule has 0 heterocycles. The molecule has 3 nitrogen and oxygen atoms in total. The third kappa shape index (κ3) is 29.9. The fourth-order valence-electron chi connectivity index (χ4n) is 3.77. The van der Waals surface area contributed by atoms with Crippen LogP contribution in [0.15, 0.2) is 48.6 Å². The van der Waals surface area contributed by atoms with Crippen LogP contribution < -0.4 is 0 Å². The van der Waals surface area contributed by atoms with Crippen LogP contribution in [-0.2, 0) is 4.79 Å². The van der Waals surface area contributed by atoms with E-state index in [2.05, 4.69) is 49.1 Å². The van der Waals surface area contributed by atoms with Crippen LogP contribution in [0, 0.1) is 11.8 Å². The summed E-state index contributed by atoms with van der Waals surface area (Å²) in [4.78, 5) is 10.4. The standard InChI is InChI=1S/C32H52O3/c1-2-3-25-28-31(33)29-26-23-21-19-17-15-13-11-9-7-5-4-6-8-10-12-14-16-18-20-22-24-27-30-32(34)35/h3,9,11,15,17,25-26,29,31,33H,2,4-8,10,12-14,16,18-20,22,24,27-28,30H2,1H3,(H,34,35)/b11-9-,17-15-,25-3-,29-26+/t31-/m0/s1. The van der Waals surface area contributed by atoms with E-state index in [1.807, 2.05) is 6.08 Å². The van der Waals surface area contributed by atoms with Crippen molar-refractivity contribution in [2.24, 2.45) is 0 Å². The number of aliphatic hydroxyl groups excluding tert-OH is 1. The van der Waals surface area contributed by atoms with E-state index in [9.17, 15) is 9.90 Å². The molecule has 0 amide bonds. The Morgan fingerprint density at radius 3 is 1.91 bits per heavy atom. The molecule has 0 aliphatic heterocycles. The summed E-state index contributed by atoms with van der Waals surface area (Å²) in [6.07, 6.45) is 37.3. The summed E-state index contributed by atoms with van der Waals surface area (Å²) in [5.41, 5.74) is 0. The van der Waals surface area contributed by atoms with Gasteiger partial charge in [0, 0.05) is 12.8 Å². The highest BCUT2D eigenvalue weighted by Gasteiger charge is 1.97. The first-order chi connectivity index (χ1) is 17.2. The number of carboxylic acids is 1. The van der Waals surface area contributed by atoms with Gasteiger partial charge in [-0.15, -0.1) is 0 Å². The van der Waals surface area contributed by atoms with Gasteiger partial charge in [-0.2, -0.15) is 0 Å². The summed E-state index contributed by atoms with van der Waals surface area (Å²) in [5.74, 6) is 5.38. The van der Waals surface area contributed by atoms with Gasteiger partial charge in [0.05, 0.1) is 6.10 Å². The molecule has 0 unspecified atom stereocenters. The second-order valence-corrected chi connectivity index (χ2v) is 9.27. The minimum Gasteiger partial charge on any atom is -0.481 e. The molecule has 0 fully saturated rings. The van der Waals surface area contributed by atoms with Crippen LogP contribution >= 0.6 is 0 Å². The highest BCUT2D eigenvalue weighted by Crippen LogP contribution is 2.13. The first-order valence-corrected chi connectivity index (χ1v) is 14.2. The molecule has 0 saturated carbocycles. The van der Waals surface area contributed by atoms with Crippen molar-refractivity contribution in [3.05, 3.63) is 48.6 Å². The lowest BCUT2D eigenvalue weighted by atomic mass is 10.0. The number of allylic oxidation sites excluding steroid dienone is 6. The Hall–Kier alpha value is -2.05. The molecule has 0 bridgehead atoms. The van der Waals surface area contributed by atoms with Gasteiger partial charge >= 0.3 is 5.97 Å². The Morgan fingerprint density at radius 2 is 1.31 bits per heavy atom. The minimum atomic E-state index is -0.665. The average molecular weight is 485 g/mol. The Morgan fingerprint density at radius 1 is 0.743 bits per heavy atom. The lowest BCUT2D eigenvalue weighted by Crippen LogP contribution is -1.98. The third-order valence-corrected chi connectivity index (χ3v) is 5.87. The lowest BCUT2D eigenvalue weighted by molar-refractivity contribution is -0.137. The van der Waals surface area contributed by atoms with Gasteiger partial charge < -0.3 is 10.2 Å². The topological polar surface area (TPSA) is 57.5 Å². The lowest BCUT2D eigenvalue weighted by Gasteiger charge is -2.03. The smallest absolute Gasteiger partial charge is 0.303 e. The van der Waals surface area contributed by atoms with Crippen LogP contribution in [0.1, 0.15) is 129 Å². The van der Waals surface area contributed by atoms with Crippen molar-refractivity contribution in [2.75, 3.05) is 0 Å². The van der Waals surface area contributed by atoms with Crippen molar-refractivity contribution in [3.63, 3.8) is 0 Å². The van der Waals surface area contributed by atoms with Crippen LogP contribution in [0.4, 0.5) is 0 Å². The van der Waals surface area contributed by atoms with Gasteiger partial charge in [0.15, 0.2) is 0 Å². The van der Waals surface area contributed by atoms with Crippen molar-refractivity contribution in [2.45, 2.75) is 135 Å². The van der Waals surface area contributed by atoms with E-state index in [0.29, 0.717) is 12.8 Å². The summed E-state index contributed by atoms with van der Waals surface area (Å²) in [5, 5.41) is 18.3. The Bertz CT molecular complexity index is 645. The van der Waals surface area contributed by atoms with Crippen molar-refractivity contribution in [1.82, 2.24) is 0 Å². The third-order valence-electron chi connectivity index (χ3n) is 5.87. The van der Waals surface area contributed by atoms with Crippen molar-refractivity contribution < 1.29 is 15.0 Å². The molecular formula is C32H52O3. The maximum absolute atomic E-state index is 10.4. The van der Waals surface area contributed by atoms with Crippen LogP contribution in [-0.4, -0.2) is 22.3 Å². The predicted octanol–water partition coefficient (Wildman–Crippen LogP) is 9.09. The summed E-state index contributed by atoms with van der Waals surface area (Å²) >= 11 is 0. The second-order valence-electron chi connectivity index (χ2n) is 9.27. The van der Waals surface area contributed by atoms with Crippen LogP contribution in [0.25, 0.3) is 0 Å². The zero-order valence-electron chi connectivity index (χ0n) is 22.4. The summed E-state index contributed by atoms with van der Waals surface area (Å²) in [6, 6.07) is 0. The molecule has 35 heavy (non-hydrogen) atoms. The molecule has 2 N–H and O–H groups in total. The van der Waals surface area contributed by atoms with Crippen LogP contribution in [0.2, 0.25) is 0 Å². The summed E-state index contributed by atoms with van der Waals surface area (Å²) in [7, 11) is 0. The highest BCUT2D eigenvalue weighted by atomic mass is 16.4. The van der Waals surface area contributed by atoms with E-state index in [1.165, 1.54) is 77.0 Å². The number of hydrogen-bond acceptors (Lipinski definition) is 2. The van der Waals surface area contributed by atoms with E-state index in [4.69, 9.17) is 5.11 Å². The summed E-state index contributed by atoms with van der Waals surface area (Å²) in [6.45, 7) is 2.08. The largest absolute Gasteiger partial charge is 0.481 e. The number of aliphatic hydroxyl groups is 1. The molecule has 3 heteroatoms. The van der Waals surface area contributed by atoms with Gasteiger partial charge in [0.1, 0.15) is 0 Å². The zero-order valence-corrected chi connectivity index (χ0v) is 22.4. The number of carbonyl (C=O) groups is 1. The Balaban J connectivity index is 3.37. The van der Waals surface area contributed by atoms with Crippen molar-refractivity contribution in [3.8, 4) is 11.8 Å². The fraction of sp³-hybridized carbons (Fsp3) is 0.656. The number of hydrogen-bond donors (Lipinski definition) is 2. The quantitative estimate of drug-likeness (QED) is 0.0863. The molecule has 0 saturated heterocycles. The molecule has 0 aromatic rings. The number of unbranched alkanes of at least 4 members (excludes halogenated alkanes) is 13. The van der Waals surface area contributed by atoms with Crippen LogP contribution in [0.3, 0.4) is 0 Å². The molecular weight excluding hydrogens is 432 g/mol. The molecule has 0 aromatic carbocycles. The van der Waals surface area contributed by atoms with Gasteiger partial charge in [-0.25, -0.2) is 0 Å². The Labute approximate surface area is 216 Å². The molecule has 0 aromatic heterocycles. The maximum atomic E-state index is 10.4. The molecule has 0 aliphatic rings. The van der Waals surface area contributed by atoms with Gasteiger partial charge in [-0.3, -0.25) is 4.79 Å². The highest BCUT2D eigenvalue weighted by molar-refractivity contribution is 5.66. The fourth-order valence-corrected chi connectivity index (χ4v) is 3.77. The normalized spacial score (nSPS) is 12.7. The molecule has 0 rings (SSSR count). The van der Waals surface area contributed by atoms with Crippen molar-refractivity contribution >= 4 is 5.97 Å². The van der Waals surface area contributed by atoms with E-state index < -0.39 is 12.1 Å². The van der Waals surface area contributed by atoms with E-state index >= 15 is 0 Å².